The highest BCUT2D eigenvalue weighted by Gasteiger charge is 2.67. The normalized spacial score (nSPS) is 27.0. The number of benzene rings is 3. The molecule has 6 atom stereocenters. The number of primary amides is 1. The van der Waals surface area contributed by atoms with Gasteiger partial charge in [-0.1, -0.05) is 73.7 Å². The van der Waals surface area contributed by atoms with Crippen molar-refractivity contribution in [2.75, 3.05) is 19.0 Å². The van der Waals surface area contributed by atoms with E-state index in [-0.39, 0.29) is 11.3 Å². The maximum absolute atomic E-state index is 14.4. The van der Waals surface area contributed by atoms with Crippen LogP contribution in [0, 0.1) is 11.8 Å². The summed E-state index contributed by atoms with van der Waals surface area (Å²) in [5.41, 5.74) is 3.60. The van der Waals surface area contributed by atoms with E-state index in [9.17, 15) is 39.9 Å². The smallest absolute Gasteiger partial charge is 0.255 e. The zero-order valence-electron chi connectivity index (χ0n) is 26.2. The zero-order chi connectivity index (χ0) is 33.9. The van der Waals surface area contributed by atoms with Crippen LogP contribution in [0.5, 0.6) is 5.75 Å². The molecule has 3 aliphatic rings. The van der Waals surface area contributed by atoms with E-state index >= 15 is 0 Å². The lowest BCUT2D eigenvalue weighted by molar-refractivity contribution is -0.162. The number of ketones is 2. The van der Waals surface area contributed by atoms with Crippen LogP contribution in [0.4, 0.5) is 5.69 Å². The molecular formula is C36H37N3O8. The summed E-state index contributed by atoms with van der Waals surface area (Å²) in [5.74, 6) is -9.18. The van der Waals surface area contributed by atoms with Crippen LogP contribution in [0.15, 0.2) is 95.5 Å². The van der Waals surface area contributed by atoms with E-state index in [0.717, 1.165) is 11.1 Å². The minimum atomic E-state index is -2.97. The summed E-state index contributed by atoms with van der Waals surface area (Å²) in [5, 5.41) is 58.4. The molecule has 11 heteroatoms. The fourth-order valence-electron chi connectivity index (χ4n) is 7.70. The second-order valence-electron chi connectivity index (χ2n) is 12.8. The van der Waals surface area contributed by atoms with E-state index in [1.165, 1.54) is 19.0 Å². The number of Topliss-reactive ketones (excluding diaryl/α,β-unsaturated/α-hetero) is 2. The number of aliphatic hydroxyl groups is 4. The molecule has 1 amide bonds. The summed E-state index contributed by atoms with van der Waals surface area (Å²) >= 11 is 0. The highest BCUT2D eigenvalue weighted by atomic mass is 16.4. The Labute approximate surface area is 271 Å². The van der Waals surface area contributed by atoms with Gasteiger partial charge in [-0.15, -0.1) is 0 Å². The van der Waals surface area contributed by atoms with Crippen molar-refractivity contribution < 1.29 is 39.9 Å². The molecule has 244 valence electrons. The third-order valence-electron chi connectivity index (χ3n) is 9.88. The topological polar surface area (TPSA) is 185 Å². The SMILES string of the molecule is CC1c2ccc(N(Cc3ccccc3)Cc3ccccc3)c(O)c2C(=O)C2=C(O)[C@]3(O)C(=O)C(C(N)=O)=C(O)[C@@H](N(C)C)C3C(O)C21. The average Bonchev–Trinajstić information content (AvgIpc) is 3.03. The number of carbonyl (C=O) groups excluding carboxylic acids is 3. The van der Waals surface area contributed by atoms with Gasteiger partial charge >= 0.3 is 0 Å². The molecule has 0 saturated heterocycles. The van der Waals surface area contributed by atoms with Crippen LogP contribution >= 0.6 is 0 Å². The summed E-state index contributed by atoms with van der Waals surface area (Å²) < 4.78 is 0. The van der Waals surface area contributed by atoms with Crippen LogP contribution < -0.4 is 10.6 Å². The number of hydrogen-bond acceptors (Lipinski definition) is 10. The molecule has 47 heavy (non-hydrogen) atoms. The molecule has 3 aliphatic carbocycles. The quantitative estimate of drug-likeness (QED) is 0.210. The van der Waals surface area contributed by atoms with Crippen LogP contribution in [0.1, 0.15) is 39.9 Å². The molecule has 4 unspecified atom stereocenters. The first kappa shape index (κ1) is 32.0. The molecule has 0 fully saturated rings. The van der Waals surface area contributed by atoms with Crippen molar-refractivity contribution in [3.63, 3.8) is 0 Å². The molecule has 3 aromatic carbocycles. The first-order valence-corrected chi connectivity index (χ1v) is 15.3. The number of phenols is 1. The lowest BCUT2D eigenvalue weighted by atomic mass is 9.55. The van der Waals surface area contributed by atoms with Gasteiger partial charge in [-0.2, -0.15) is 0 Å². The van der Waals surface area contributed by atoms with Crippen LogP contribution in [-0.4, -0.2) is 79.7 Å². The Morgan fingerprint density at radius 1 is 0.894 bits per heavy atom. The molecule has 0 aliphatic heterocycles. The Bertz CT molecular complexity index is 1800. The van der Waals surface area contributed by atoms with Crippen molar-refractivity contribution in [1.29, 1.82) is 0 Å². The number of aliphatic hydroxyl groups excluding tert-OH is 3. The monoisotopic (exact) mass is 639 g/mol. The van der Waals surface area contributed by atoms with Gasteiger partial charge in [0.2, 0.25) is 5.78 Å². The second kappa shape index (κ2) is 11.7. The molecule has 0 saturated carbocycles. The number of likely N-dealkylation sites (N-methyl/N-ethyl adjacent to an activating group) is 1. The first-order valence-electron chi connectivity index (χ1n) is 15.3. The van der Waals surface area contributed by atoms with Crippen LogP contribution in [0.25, 0.3) is 0 Å². The van der Waals surface area contributed by atoms with Gasteiger partial charge in [0.05, 0.1) is 29.3 Å². The van der Waals surface area contributed by atoms with Crippen LogP contribution in [0.3, 0.4) is 0 Å². The lowest BCUT2D eigenvalue weighted by Gasteiger charge is -2.53. The van der Waals surface area contributed by atoms with Crippen LogP contribution in [-0.2, 0) is 22.7 Å². The number of phenolic OH excluding ortho intramolecular Hbond substituents is 1. The van der Waals surface area contributed by atoms with E-state index in [1.807, 2.05) is 65.6 Å². The van der Waals surface area contributed by atoms with E-state index in [0.29, 0.717) is 24.3 Å². The van der Waals surface area contributed by atoms with E-state index in [1.54, 1.807) is 19.1 Å². The summed E-state index contributed by atoms with van der Waals surface area (Å²) in [6, 6.07) is 21.3. The standard InChI is InChI=1S/C36H37N3O8/c1-18-21-14-15-22(39(16-19-10-6-4-7-11-19)17-20-12-8-5-9-13-20)29(40)24(21)30(41)25-23(18)31(42)27-28(38(2)3)32(43)26(35(37)46)34(45)36(27,47)33(25)44/h4-15,18,23,27-28,31,40,42-44,47H,16-17H2,1-3H3,(H2,37,46)/t18?,23?,27?,28-,31?,36-/m0/s1. The minimum absolute atomic E-state index is 0.130. The number of carbonyl (C=O) groups is 3. The Morgan fingerprint density at radius 3 is 1.96 bits per heavy atom. The van der Waals surface area contributed by atoms with Gasteiger partial charge in [0.15, 0.2) is 11.4 Å². The molecule has 0 heterocycles. The number of anilines is 1. The predicted molar refractivity (Wildman–Crippen MR) is 173 cm³/mol. The number of fused-ring (bicyclic) bond motifs is 3. The maximum atomic E-state index is 14.4. The molecule has 0 bridgehead atoms. The number of nitrogens with zero attached hydrogens (tertiary/aromatic N) is 2. The fourth-order valence-corrected chi connectivity index (χ4v) is 7.70. The van der Waals surface area contributed by atoms with Gasteiger partial charge in [0.25, 0.3) is 5.91 Å². The third-order valence-corrected chi connectivity index (χ3v) is 9.88. The molecule has 11 nitrogen and oxygen atoms in total. The van der Waals surface area contributed by atoms with E-state index in [2.05, 4.69) is 0 Å². The third kappa shape index (κ3) is 4.81. The minimum Gasteiger partial charge on any atom is -0.510 e. The molecule has 0 spiro atoms. The van der Waals surface area contributed by atoms with Crippen LogP contribution in [0.2, 0.25) is 0 Å². The molecular weight excluding hydrogens is 602 g/mol. The first-order chi connectivity index (χ1) is 22.3. The Kier molecular flexibility index (Phi) is 7.95. The molecule has 0 radical (unpaired) electrons. The molecule has 7 N–H and O–H groups in total. The number of aromatic hydroxyl groups is 1. The molecule has 3 aromatic rings. The summed E-state index contributed by atoms with van der Waals surface area (Å²) in [7, 11) is 3.00. The average molecular weight is 640 g/mol. The number of rotatable bonds is 7. The van der Waals surface area contributed by atoms with Crippen molar-refractivity contribution in [2.24, 2.45) is 17.6 Å². The Balaban J connectivity index is 1.52. The highest BCUT2D eigenvalue weighted by molar-refractivity contribution is 6.25. The van der Waals surface area contributed by atoms with Gasteiger partial charge in [-0.05, 0) is 42.8 Å². The molecule has 6 rings (SSSR count). The largest absolute Gasteiger partial charge is 0.510 e. The second-order valence-corrected chi connectivity index (χ2v) is 12.8. The van der Waals surface area contributed by atoms with E-state index < -0.39 is 75.6 Å². The fraction of sp³-hybridized carbons (Fsp3) is 0.306. The van der Waals surface area contributed by atoms with Crippen molar-refractivity contribution in [3.8, 4) is 5.75 Å². The Hall–Kier alpha value is -4.97. The van der Waals surface area contributed by atoms with Gasteiger partial charge < -0.3 is 36.2 Å². The predicted octanol–water partition coefficient (Wildman–Crippen LogP) is 2.86. The van der Waals surface area contributed by atoms with Crippen molar-refractivity contribution in [2.45, 2.75) is 43.7 Å². The maximum Gasteiger partial charge on any atom is 0.255 e. The summed E-state index contributed by atoms with van der Waals surface area (Å²) in [4.78, 5) is 43.7. The zero-order valence-corrected chi connectivity index (χ0v) is 26.2. The number of amides is 1. The van der Waals surface area contributed by atoms with Gasteiger partial charge in [-0.3, -0.25) is 19.3 Å². The van der Waals surface area contributed by atoms with Crippen molar-refractivity contribution in [1.82, 2.24) is 4.90 Å². The van der Waals surface area contributed by atoms with Crippen molar-refractivity contribution >= 4 is 23.2 Å². The van der Waals surface area contributed by atoms with E-state index in [4.69, 9.17) is 5.73 Å². The highest BCUT2D eigenvalue weighted by Crippen LogP contribution is 2.56. The Morgan fingerprint density at radius 2 is 1.45 bits per heavy atom. The van der Waals surface area contributed by atoms with Gasteiger partial charge in [-0.25, -0.2) is 0 Å². The van der Waals surface area contributed by atoms with Gasteiger partial charge in [0.1, 0.15) is 22.8 Å². The number of nitrogens with two attached hydrogens (primary N) is 1. The van der Waals surface area contributed by atoms with Gasteiger partial charge in [0, 0.05) is 24.6 Å². The summed E-state index contributed by atoms with van der Waals surface area (Å²) in [6.45, 7) is 2.48. The lowest BCUT2D eigenvalue weighted by Crippen LogP contribution is -2.68. The van der Waals surface area contributed by atoms with Crippen molar-refractivity contribution in [3.05, 3.63) is 118 Å². The molecule has 0 aromatic heterocycles. The number of hydrogen-bond donors (Lipinski definition) is 6. The summed E-state index contributed by atoms with van der Waals surface area (Å²) in [6.07, 6.45) is -1.65.